The van der Waals surface area contributed by atoms with E-state index in [1.807, 2.05) is 37.3 Å². The number of carbonyl (C=O) groups is 1. The molecular weight excluding hydrogens is 419 g/mol. The largest absolute Gasteiger partial charge is 0.490 e. The highest BCUT2D eigenvalue weighted by Crippen LogP contribution is 2.30. The quantitative estimate of drug-likeness (QED) is 0.329. The maximum atomic E-state index is 13.1. The van der Waals surface area contributed by atoms with E-state index in [0.29, 0.717) is 29.4 Å². The van der Waals surface area contributed by atoms with Crippen LogP contribution in [0.1, 0.15) is 30.5 Å². The molecule has 3 aromatic rings. The molecule has 0 aromatic heterocycles. The van der Waals surface area contributed by atoms with Crippen LogP contribution in [0.2, 0.25) is 0 Å². The molecule has 0 atom stereocenters. The fraction of sp³-hybridized carbons (Fsp3) is 0.185. The summed E-state index contributed by atoms with van der Waals surface area (Å²) in [5.41, 5.74) is 3.20. The van der Waals surface area contributed by atoms with Crippen LogP contribution in [-0.4, -0.2) is 12.5 Å². The van der Waals surface area contributed by atoms with Crippen LogP contribution < -0.4 is 14.8 Å². The smallest absolute Gasteiger partial charge is 0.266 e. The second-order valence-electron chi connectivity index (χ2n) is 7.23. The highest BCUT2D eigenvalue weighted by molar-refractivity contribution is 6.09. The molecule has 3 rings (SSSR count). The molecule has 0 fully saturated rings. The van der Waals surface area contributed by atoms with Crippen molar-refractivity contribution in [1.82, 2.24) is 0 Å². The molecule has 33 heavy (non-hydrogen) atoms. The van der Waals surface area contributed by atoms with Gasteiger partial charge in [0.25, 0.3) is 5.91 Å². The SMILES string of the molecule is CCOc1cc(/C=C(/C#N)C(=O)Nc2ccc(CC)cc2)ccc1OCc1ccc(F)cc1. The maximum Gasteiger partial charge on any atom is 0.266 e. The summed E-state index contributed by atoms with van der Waals surface area (Å²) in [6.45, 7) is 4.57. The van der Waals surface area contributed by atoms with Gasteiger partial charge >= 0.3 is 0 Å². The predicted octanol–water partition coefficient (Wildman–Crippen LogP) is 5.91. The summed E-state index contributed by atoms with van der Waals surface area (Å²) in [6, 6.07) is 20.7. The number of rotatable bonds is 9. The molecule has 0 saturated carbocycles. The summed E-state index contributed by atoms with van der Waals surface area (Å²) in [7, 11) is 0. The van der Waals surface area contributed by atoms with Gasteiger partial charge in [-0.25, -0.2) is 4.39 Å². The highest BCUT2D eigenvalue weighted by atomic mass is 19.1. The molecule has 6 heteroatoms. The molecule has 0 spiro atoms. The highest BCUT2D eigenvalue weighted by Gasteiger charge is 2.12. The Morgan fingerprint density at radius 3 is 2.30 bits per heavy atom. The molecule has 1 amide bonds. The maximum absolute atomic E-state index is 13.1. The van der Waals surface area contributed by atoms with E-state index < -0.39 is 5.91 Å². The molecule has 0 aliphatic carbocycles. The minimum atomic E-state index is -0.489. The van der Waals surface area contributed by atoms with Gasteiger partial charge < -0.3 is 14.8 Å². The molecule has 3 aromatic carbocycles. The van der Waals surface area contributed by atoms with Crippen LogP contribution >= 0.6 is 0 Å². The van der Waals surface area contributed by atoms with Crippen molar-refractivity contribution < 1.29 is 18.7 Å². The third-order valence-corrected chi connectivity index (χ3v) is 4.87. The molecule has 5 nitrogen and oxygen atoms in total. The zero-order valence-electron chi connectivity index (χ0n) is 18.6. The molecule has 1 N–H and O–H groups in total. The third kappa shape index (κ3) is 6.68. The number of halogens is 1. The number of aryl methyl sites for hydroxylation is 1. The summed E-state index contributed by atoms with van der Waals surface area (Å²) in [5.74, 6) is 0.204. The molecule has 0 radical (unpaired) electrons. The van der Waals surface area contributed by atoms with Gasteiger partial charge in [-0.3, -0.25) is 4.79 Å². The van der Waals surface area contributed by atoms with Crippen molar-refractivity contribution in [2.24, 2.45) is 0 Å². The molecule has 0 bridgehead atoms. The Hall–Kier alpha value is -4.11. The number of nitriles is 1. The predicted molar refractivity (Wildman–Crippen MR) is 126 cm³/mol. The summed E-state index contributed by atoms with van der Waals surface area (Å²) in [4.78, 5) is 12.6. The lowest BCUT2D eigenvalue weighted by Gasteiger charge is -2.13. The monoisotopic (exact) mass is 444 g/mol. The van der Waals surface area contributed by atoms with Gasteiger partial charge in [0, 0.05) is 5.69 Å². The summed E-state index contributed by atoms with van der Waals surface area (Å²) in [5, 5.41) is 12.3. The van der Waals surface area contributed by atoms with Crippen LogP contribution in [0.25, 0.3) is 6.08 Å². The molecule has 168 valence electrons. The molecule has 0 unspecified atom stereocenters. The lowest BCUT2D eigenvalue weighted by Crippen LogP contribution is -2.13. The number of ether oxygens (including phenoxy) is 2. The van der Waals surface area contributed by atoms with E-state index in [2.05, 4.69) is 12.2 Å². The van der Waals surface area contributed by atoms with Crippen molar-refractivity contribution in [1.29, 1.82) is 5.26 Å². The third-order valence-electron chi connectivity index (χ3n) is 4.87. The van der Waals surface area contributed by atoms with E-state index in [1.54, 1.807) is 30.3 Å². The van der Waals surface area contributed by atoms with Gasteiger partial charge in [-0.1, -0.05) is 37.3 Å². The van der Waals surface area contributed by atoms with E-state index in [-0.39, 0.29) is 18.0 Å². The molecule has 0 heterocycles. The zero-order valence-corrected chi connectivity index (χ0v) is 18.6. The standard InChI is InChI=1S/C27H25FN2O3/c1-3-19-7-12-24(13-8-19)30-27(31)22(17-29)15-21-9-14-25(26(16-21)32-4-2)33-18-20-5-10-23(28)11-6-20/h5-16H,3-4,18H2,1-2H3,(H,30,31)/b22-15-. The van der Waals surface area contributed by atoms with Crippen molar-refractivity contribution in [3.05, 3.63) is 94.8 Å². The zero-order chi connectivity index (χ0) is 23.6. The summed E-state index contributed by atoms with van der Waals surface area (Å²) >= 11 is 0. The fourth-order valence-electron chi connectivity index (χ4n) is 3.08. The first kappa shape index (κ1) is 23.6. The Kier molecular flexibility index (Phi) is 8.20. The van der Waals surface area contributed by atoms with Crippen LogP contribution in [0.15, 0.2) is 72.3 Å². The first-order chi connectivity index (χ1) is 16.0. The van der Waals surface area contributed by atoms with Gasteiger partial charge in [0.05, 0.1) is 6.61 Å². The Bertz CT molecular complexity index is 1160. The van der Waals surface area contributed by atoms with Gasteiger partial charge in [-0.05, 0) is 72.5 Å². The van der Waals surface area contributed by atoms with Crippen molar-refractivity contribution in [2.75, 3.05) is 11.9 Å². The summed E-state index contributed by atoms with van der Waals surface area (Å²) < 4.78 is 24.6. The molecule has 0 aliphatic heterocycles. The van der Waals surface area contributed by atoms with Crippen LogP contribution in [-0.2, 0) is 17.8 Å². The average Bonchev–Trinajstić information content (AvgIpc) is 2.83. The van der Waals surface area contributed by atoms with Gasteiger partial charge in [0.2, 0.25) is 0 Å². The lowest BCUT2D eigenvalue weighted by atomic mass is 10.1. The van der Waals surface area contributed by atoms with Crippen molar-refractivity contribution in [2.45, 2.75) is 26.9 Å². The topological polar surface area (TPSA) is 71.3 Å². The molecule has 0 saturated heterocycles. The van der Waals surface area contributed by atoms with E-state index in [4.69, 9.17) is 9.47 Å². The molecular formula is C27H25FN2O3. The van der Waals surface area contributed by atoms with E-state index in [1.165, 1.54) is 18.2 Å². The van der Waals surface area contributed by atoms with E-state index in [0.717, 1.165) is 17.5 Å². The first-order valence-corrected chi connectivity index (χ1v) is 10.7. The van der Waals surface area contributed by atoms with Crippen LogP contribution in [0.3, 0.4) is 0 Å². The number of nitrogens with one attached hydrogen (secondary N) is 1. The van der Waals surface area contributed by atoms with Gasteiger partial charge in [-0.2, -0.15) is 5.26 Å². The number of nitrogens with zero attached hydrogens (tertiary/aromatic N) is 1. The van der Waals surface area contributed by atoms with Crippen molar-refractivity contribution in [3.63, 3.8) is 0 Å². The number of hydrogen-bond donors (Lipinski definition) is 1. The van der Waals surface area contributed by atoms with E-state index >= 15 is 0 Å². The van der Waals surface area contributed by atoms with Gasteiger partial charge in [0.1, 0.15) is 24.1 Å². The van der Waals surface area contributed by atoms with E-state index in [9.17, 15) is 14.4 Å². The number of anilines is 1. The second kappa shape index (κ2) is 11.5. The lowest BCUT2D eigenvalue weighted by molar-refractivity contribution is -0.112. The first-order valence-electron chi connectivity index (χ1n) is 10.7. The Labute approximate surface area is 193 Å². The number of benzene rings is 3. The van der Waals surface area contributed by atoms with Gasteiger partial charge in [0.15, 0.2) is 11.5 Å². The minimum absolute atomic E-state index is 0.0306. The van der Waals surface area contributed by atoms with Crippen LogP contribution in [0, 0.1) is 17.1 Å². The second-order valence-corrected chi connectivity index (χ2v) is 7.23. The van der Waals surface area contributed by atoms with Crippen LogP contribution in [0.4, 0.5) is 10.1 Å². The number of amides is 1. The Balaban J connectivity index is 1.75. The Morgan fingerprint density at radius 1 is 0.970 bits per heavy atom. The van der Waals surface area contributed by atoms with Gasteiger partial charge in [-0.15, -0.1) is 0 Å². The average molecular weight is 445 g/mol. The molecule has 0 aliphatic rings. The normalized spacial score (nSPS) is 10.9. The minimum Gasteiger partial charge on any atom is -0.490 e. The number of hydrogen-bond acceptors (Lipinski definition) is 4. The Morgan fingerprint density at radius 2 is 1.67 bits per heavy atom. The fourth-order valence-corrected chi connectivity index (χ4v) is 3.08. The van der Waals surface area contributed by atoms with Crippen molar-refractivity contribution >= 4 is 17.7 Å². The summed E-state index contributed by atoms with van der Waals surface area (Å²) in [6.07, 6.45) is 2.41. The number of carbonyl (C=O) groups excluding carboxylic acids is 1. The van der Waals surface area contributed by atoms with Crippen molar-refractivity contribution in [3.8, 4) is 17.6 Å². The van der Waals surface area contributed by atoms with Crippen LogP contribution in [0.5, 0.6) is 11.5 Å².